The van der Waals surface area contributed by atoms with Crippen LogP contribution in [0.5, 0.6) is 0 Å². The van der Waals surface area contributed by atoms with E-state index in [2.05, 4.69) is 38.1 Å². The molecule has 0 rings (SSSR count). The molecule has 0 saturated carbocycles. The van der Waals surface area contributed by atoms with Gasteiger partial charge >= 0.3 is 0 Å². The van der Waals surface area contributed by atoms with Crippen LogP contribution in [0.2, 0.25) is 0 Å². The Morgan fingerprint density at radius 1 is 1.00 bits per heavy atom. The molecule has 0 aromatic rings. The van der Waals surface area contributed by atoms with Crippen molar-refractivity contribution in [2.45, 2.75) is 39.8 Å². The molecule has 2 nitrogen and oxygen atoms in total. The third kappa shape index (κ3) is 2.82. The van der Waals surface area contributed by atoms with Crippen molar-refractivity contribution in [3.63, 3.8) is 0 Å². The summed E-state index contributed by atoms with van der Waals surface area (Å²) in [5.41, 5.74) is 4.12. The van der Waals surface area contributed by atoms with Crippen molar-refractivity contribution in [1.82, 2.24) is 10.4 Å². The lowest BCUT2D eigenvalue weighted by Crippen LogP contribution is -2.41. The molecule has 0 aliphatic carbocycles. The molecule has 0 aromatic carbocycles. The average Bonchev–Trinajstić information content (AvgIpc) is 1.64. The zero-order chi connectivity index (χ0) is 7.44. The van der Waals surface area contributed by atoms with Gasteiger partial charge in [0.1, 0.15) is 0 Å². The first-order valence-electron chi connectivity index (χ1n) is 3.47. The normalized spacial score (nSPS) is 12.0. The lowest BCUT2D eigenvalue weighted by Gasteiger charge is -2.27. The summed E-state index contributed by atoms with van der Waals surface area (Å²) in [4.78, 5) is 0. The van der Waals surface area contributed by atoms with Crippen molar-refractivity contribution in [2.24, 2.45) is 0 Å². The quantitative estimate of drug-likeness (QED) is 0.524. The van der Waals surface area contributed by atoms with Crippen molar-refractivity contribution in [2.75, 3.05) is 7.05 Å². The van der Waals surface area contributed by atoms with E-state index in [-0.39, 0.29) is 0 Å². The second-order valence-electron chi connectivity index (χ2n) is 2.77. The van der Waals surface area contributed by atoms with Gasteiger partial charge in [0.25, 0.3) is 0 Å². The average molecular weight is 129 g/mol. The zero-order valence-corrected chi connectivity index (χ0v) is 7.05. The van der Waals surface area contributed by atoms with Crippen molar-refractivity contribution in [1.29, 1.82) is 0 Å². The number of hydrogen-bond donors (Lipinski definition) is 0. The van der Waals surface area contributed by atoms with E-state index in [9.17, 15) is 0 Å². The van der Waals surface area contributed by atoms with Crippen molar-refractivity contribution >= 4 is 0 Å². The van der Waals surface area contributed by atoms with Crippen LogP contribution in [-0.2, 0) is 0 Å². The SMILES string of the molecule is C[N]N(C(C)C)C(C)C. The fraction of sp³-hybridized carbons (Fsp3) is 1.00. The van der Waals surface area contributed by atoms with Crippen molar-refractivity contribution in [3.05, 3.63) is 0 Å². The molecule has 0 aromatic heterocycles. The Kier molecular flexibility index (Phi) is 3.82. The van der Waals surface area contributed by atoms with E-state index in [1.54, 1.807) is 0 Å². The molecule has 1 radical (unpaired) electrons. The van der Waals surface area contributed by atoms with Crippen LogP contribution in [0.15, 0.2) is 0 Å². The van der Waals surface area contributed by atoms with E-state index >= 15 is 0 Å². The number of nitrogens with zero attached hydrogens (tertiary/aromatic N) is 2. The summed E-state index contributed by atoms with van der Waals surface area (Å²) >= 11 is 0. The van der Waals surface area contributed by atoms with Gasteiger partial charge in [0.05, 0.1) is 0 Å². The maximum absolute atomic E-state index is 4.12. The Morgan fingerprint density at radius 2 is 1.33 bits per heavy atom. The van der Waals surface area contributed by atoms with Crippen LogP contribution < -0.4 is 5.43 Å². The van der Waals surface area contributed by atoms with E-state index < -0.39 is 0 Å². The molecule has 0 N–H and O–H groups in total. The highest BCUT2D eigenvalue weighted by Crippen LogP contribution is 1.99. The molecule has 0 aliphatic rings. The third-order valence-corrected chi connectivity index (χ3v) is 1.29. The first-order chi connectivity index (χ1) is 4.09. The van der Waals surface area contributed by atoms with Gasteiger partial charge in [-0.15, -0.1) is 0 Å². The molecule has 0 unspecified atom stereocenters. The zero-order valence-electron chi connectivity index (χ0n) is 7.05. The van der Waals surface area contributed by atoms with Crippen LogP contribution in [0.4, 0.5) is 0 Å². The molecule has 0 saturated heterocycles. The summed E-state index contributed by atoms with van der Waals surface area (Å²) in [6, 6.07) is 1.05. The molecule has 0 bridgehead atoms. The molecule has 0 fully saturated rings. The van der Waals surface area contributed by atoms with E-state index in [1.807, 2.05) is 7.05 Å². The van der Waals surface area contributed by atoms with Crippen LogP contribution in [0.1, 0.15) is 27.7 Å². The minimum absolute atomic E-state index is 0.523. The van der Waals surface area contributed by atoms with Gasteiger partial charge in [-0.05, 0) is 27.7 Å². The fourth-order valence-corrected chi connectivity index (χ4v) is 1.06. The van der Waals surface area contributed by atoms with E-state index in [0.29, 0.717) is 12.1 Å². The molecule has 0 amide bonds. The number of hydrogen-bond acceptors (Lipinski definition) is 1. The highest BCUT2D eigenvalue weighted by atomic mass is 15.5. The predicted molar refractivity (Wildman–Crippen MR) is 40.2 cm³/mol. The summed E-state index contributed by atoms with van der Waals surface area (Å²) in [6.07, 6.45) is 0. The minimum atomic E-state index is 0.523. The van der Waals surface area contributed by atoms with Crippen LogP contribution >= 0.6 is 0 Å². The van der Waals surface area contributed by atoms with Gasteiger partial charge in [-0.1, -0.05) is 0 Å². The third-order valence-electron chi connectivity index (χ3n) is 1.29. The van der Waals surface area contributed by atoms with Gasteiger partial charge in [0.15, 0.2) is 0 Å². The van der Waals surface area contributed by atoms with Crippen LogP contribution in [0.25, 0.3) is 0 Å². The molecule has 55 valence electrons. The summed E-state index contributed by atoms with van der Waals surface area (Å²) in [7, 11) is 1.83. The van der Waals surface area contributed by atoms with Gasteiger partial charge in [0.2, 0.25) is 0 Å². The molecule has 0 heterocycles. The second-order valence-corrected chi connectivity index (χ2v) is 2.77. The van der Waals surface area contributed by atoms with Crippen LogP contribution in [0.3, 0.4) is 0 Å². The topological polar surface area (TPSA) is 17.3 Å². The first-order valence-corrected chi connectivity index (χ1v) is 3.47. The fourth-order valence-electron chi connectivity index (χ4n) is 1.06. The molecular weight excluding hydrogens is 112 g/mol. The van der Waals surface area contributed by atoms with Crippen LogP contribution in [-0.4, -0.2) is 24.1 Å². The van der Waals surface area contributed by atoms with Gasteiger partial charge in [-0.25, -0.2) is 5.01 Å². The van der Waals surface area contributed by atoms with Gasteiger partial charge in [-0.3, -0.25) is 0 Å². The molecule has 9 heavy (non-hydrogen) atoms. The highest BCUT2D eigenvalue weighted by molar-refractivity contribution is 4.59. The van der Waals surface area contributed by atoms with Crippen molar-refractivity contribution in [3.8, 4) is 0 Å². The molecule has 0 spiro atoms. The Hall–Kier alpha value is -0.0800. The maximum atomic E-state index is 4.12. The second kappa shape index (κ2) is 3.85. The molecule has 0 atom stereocenters. The molecular formula is C7H17N2. The standard InChI is InChI=1S/C7H17N2/c1-6(2)9(8-5)7(3)4/h6-7H,1-5H3. The maximum Gasteiger partial charge on any atom is 0.0206 e. The summed E-state index contributed by atoms with van der Waals surface area (Å²) in [5, 5.41) is 2.08. The first kappa shape index (κ1) is 8.92. The molecule has 0 aliphatic heterocycles. The van der Waals surface area contributed by atoms with Gasteiger partial charge in [-0.2, -0.15) is 5.43 Å². The Bertz CT molecular complexity index is 61.3. The minimum Gasteiger partial charge on any atom is -0.222 e. The monoisotopic (exact) mass is 129 g/mol. The lowest BCUT2D eigenvalue weighted by molar-refractivity contribution is 0.112. The molecule has 2 heteroatoms. The predicted octanol–water partition coefficient (Wildman–Crippen LogP) is 1.25. The largest absolute Gasteiger partial charge is 0.222 e. The summed E-state index contributed by atoms with van der Waals surface area (Å²) in [6.45, 7) is 8.58. The van der Waals surface area contributed by atoms with E-state index in [1.165, 1.54) is 0 Å². The van der Waals surface area contributed by atoms with E-state index in [0.717, 1.165) is 0 Å². The van der Waals surface area contributed by atoms with Crippen LogP contribution in [0, 0.1) is 0 Å². The Balaban J connectivity index is 3.68. The number of rotatable bonds is 3. The summed E-state index contributed by atoms with van der Waals surface area (Å²) < 4.78 is 0. The van der Waals surface area contributed by atoms with Gasteiger partial charge < -0.3 is 0 Å². The highest BCUT2D eigenvalue weighted by Gasteiger charge is 2.10. The smallest absolute Gasteiger partial charge is 0.0206 e. The Labute approximate surface area is 58.2 Å². The summed E-state index contributed by atoms with van der Waals surface area (Å²) in [5.74, 6) is 0. The lowest BCUT2D eigenvalue weighted by atomic mass is 10.3. The Morgan fingerprint density at radius 3 is 1.33 bits per heavy atom. The van der Waals surface area contributed by atoms with Gasteiger partial charge in [0, 0.05) is 19.1 Å². The van der Waals surface area contributed by atoms with Crippen molar-refractivity contribution < 1.29 is 0 Å². The van der Waals surface area contributed by atoms with E-state index in [4.69, 9.17) is 0 Å².